The van der Waals surface area contributed by atoms with E-state index in [1.807, 2.05) is 16.8 Å². The minimum absolute atomic E-state index is 0.184. The average Bonchev–Trinajstić information content (AvgIpc) is 2.46. The molecule has 2 aliphatic heterocycles. The number of carbonyl (C=O) groups is 1. The van der Waals surface area contributed by atoms with E-state index in [2.05, 4.69) is 5.32 Å². The Kier molecular flexibility index (Phi) is 5.26. The summed E-state index contributed by atoms with van der Waals surface area (Å²) in [7, 11) is 1.92. The molecule has 2 amide bonds. The minimum atomic E-state index is 0.184. The molecule has 0 bridgehead atoms. The first kappa shape index (κ1) is 13.6. The number of carbonyl (C=O) groups excluding carboxylic acids is 1. The Morgan fingerprint density at radius 1 is 1.33 bits per heavy atom. The summed E-state index contributed by atoms with van der Waals surface area (Å²) in [5.74, 6) is 0.733. The molecule has 0 aliphatic carbocycles. The smallest absolute Gasteiger partial charge is 0.319 e. The molecular weight excluding hydrogens is 230 g/mol. The Morgan fingerprint density at radius 3 is 2.67 bits per heavy atom. The van der Waals surface area contributed by atoms with Gasteiger partial charge in [0, 0.05) is 53.0 Å². The standard InChI is InChI=1S/C13H25N3O2/c1-15(7-2-12-3-10-18-11-4-12)13(17)16-8-5-14-6-9-16/h12,14H,2-11H2,1H3. The molecule has 2 rings (SSSR count). The van der Waals surface area contributed by atoms with E-state index < -0.39 is 0 Å². The zero-order chi connectivity index (χ0) is 12.8. The van der Waals surface area contributed by atoms with Crippen molar-refractivity contribution >= 4 is 6.03 Å². The SMILES string of the molecule is CN(CCC1CCOCC1)C(=O)N1CCNCC1. The van der Waals surface area contributed by atoms with Crippen LogP contribution >= 0.6 is 0 Å². The van der Waals surface area contributed by atoms with Crippen molar-refractivity contribution in [2.24, 2.45) is 5.92 Å². The monoisotopic (exact) mass is 255 g/mol. The molecule has 0 spiro atoms. The molecule has 104 valence electrons. The predicted molar refractivity (Wildman–Crippen MR) is 70.6 cm³/mol. The predicted octanol–water partition coefficient (Wildman–Crippen LogP) is 0.760. The molecule has 2 aliphatic rings. The number of piperazine rings is 1. The second kappa shape index (κ2) is 6.95. The molecule has 5 heteroatoms. The maximum Gasteiger partial charge on any atom is 0.319 e. The fourth-order valence-corrected chi connectivity index (χ4v) is 2.60. The molecule has 0 unspecified atom stereocenters. The van der Waals surface area contributed by atoms with Gasteiger partial charge in [-0.05, 0) is 25.2 Å². The van der Waals surface area contributed by atoms with Gasteiger partial charge in [-0.2, -0.15) is 0 Å². The van der Waals surface area contributed by atoms with Crippen molar-refractivity contribution in [2.75, 3.05) is 53.0 Å². The highest BCUT2D eigenvalue weighted by Gasteiger charge is 2.21. The number of hydrogen-bond acceptors (Lipinski definition) is 3. The third kappa shape index (κ3) is 3.85. The van der Waals surface area contributed by atoms with Gasteiger partial charge in [0.2, 0.25) is 0 Å². The Bertz CT molecular complexity index is 261. The van der Waals surface area contributed by atoms with Crippen molar-refractivity contribution in [1.82, 2.24) is 15.1 Å². The maximum absolute atomic E-state index is 12.2. The number of amides is 2. The third-order valence-corrected chi connectivity index (χ3v) is 3.93. The molecule has 5 nitrogen and oxygen atoms in total. The third-order valence-electron chi connectivity index (χ3n) is 3.93. The normalized spacial score (nSPS) is 21.9. The molecule has 0 aromatic carbocycles. The lowest BCUT2D eigenvalue weighted by molar-refractivity contribution is 0.0611. The highest BCUT2D eigenvalue weighted by Crippen LogP contribution is 2.18. The topological polar surface area (TPSA) is 44.8 Å². The number of ether oxygens (including phenoxy) is 1. The zero-order valence-electron chi connectivity index (χ0n) is 11.4. The van der Waals surface area contributed by atoms with Gasteiger partial charge in [0.1, 0.15) is 0 Å². The largest absolute Gasteiger partial charge is 0.381 e. The van der Waals surface area contributed by atoms with Crippen molar-refractivity contribution in [3.8, 4) is 0 Å². The second-order valence-electron chi connectivity index (χ2n) is 5.29. The van der Waals surface area contributed by atoms with Crippen molar-refractivity contribution in [2.45, 2.75) is 19.3 Å². The molecule has 0 aromatic rings. The van der Waals surface area contributed by atoms with Gasteiger partial charge in [0.15, 0.2) is 0 Å². The average molecular weight is 255 g/mol. The number of hydrogen-bond donors (Lipinski definition) is 1. The lowest BCUT2D eigenvalue weighted by Crippen LogP contribution is -2.50. The molecule has 18 heavy (non-hydrogen) atoms. The highest BCUT2D eigenvalue weighted by atomic mass is 16.5. The molecule has 0 saturated carbocycles. The highest BCUT2D eigenvalue weighted by molar-refractivity contribution is 5.74. The lowest BCUT2D eigenvalue weighted by Gasteiger charge is -2.32. The summed E-state index contributed by atoms with van der Waals surface area (Å²) in [4.78, 5) is 16.0. The van der Waals surface area contributed by atoms with E-state index in [1.165, 1.54) is 0 Å². The van der Waals surface area contributed by atoms with E-state index in [9.17, 15) is 4.79 Å². The van der Waals surface area contributed by atoms with Crippen LogP contribution < -0.4 is 5.32 Å². The summed E-state index contributed by atoms with van der Waals surface area (Å²) in [5.41, 5.74) is 0. The van der Waals surface area contributed by atoms with Crippen molar-refractivity contribution < 1.29 is 9.53 Å². The first-order valence-corrected chi connectivity index (χ1v) is 7.06. The fraction of sp³-hybridized carbons (Fsp3) is 0.923. The Balaban J connectivity index is 1.69. The summed E-state index contributed by atoms with van der Waals surface area (Å²) in [6.45, 7) is 6.15. The van der Waals surface area contributed by atoms with E-state index in [-0.39, 0.29) is 6.03 Å². The van der Waals surface area contributed by atoms with Crippen LogP contribution in [0.1, 0.15) is 19.3 Å². The zero-order valence-corrected chi connectivity index (χ0v) is 11.4. The van der Waals surface area contributed by atoms with Crippen LogP contribution in [0.5, 0.6) is 0 Å². The summed E-state index contributed by atoms with van der Waals surface area (Å²) in [6, 6.07) is 0.184. The van der Waals surface area contributed by atoms with Gasteiger partial charge in [0.05, 0.1) is 0 Å². The van der Waals surface area contributed by atoms with E-state index in [0.717, 1.165) is 71.1 Å². The molecule has 0 radical (unpaired) electrons. The maximum atomic E-state index is 12.2. The number of urea groups is 1. The first-order chi connectivity index (χ1) is 8.77. The molecule has 1 N–H and O–H groups in total. The Labute approximate surface area is 109 Å². The van der Waals surface area contributed by atoms with Crippen LogP contribution in [0.3, 0.4) is 0 Å². The number of rotatable bonds is 3. The Morgan fingerprint density at radius 2 is 2.00 bits per heavy atom. The summed E-state index contributed by atoms with van der Waals surface area (Å²) in [6.07, 6.45) is 3.41. The van der Waals surface area contributed by atoms with E-state index in [4.69, 9.17) is 4.74 Å². The molecule has 2 fully saturated rings. The molecule has 2 heterocycles. The van der Waals surface area contributed by atoms with E-state index in [1.54, 1.807) is 0 Å². The van der Waals surface area contributed by atoms with Gasteiger partial charge in [0.25, 0.3) is 0 Å². The van der Waals surface area contributed by atoms with Crippen LogP contribution in [0.15, 0.2) is 0 Å². The summed E-state index contributed by atoms with van der Waals surface area (Å²) >= 11 is 0. The Hall–Kier alpha value is -0.810. The number of nitrogens with zero attached hydrogens (tertiary/aromatic N) is 2. The quantitative estimate of drug-likeness (QED) is 0.810. The van der Waals surface area contributed by atoms with Crippen LogP contribution in [0.4, 0.5) is 4.79 Å². The number of nitrogens with one attached hydrogen (secondary N) is 1. The molecule has 0 aromatic heterocycles. The second-order valence-corrected chi connectivity index (χ2v) is 5.29. The van der Waals surface area contributed by atoms with Gasteiger partial charge in [-0.15, -0.1) is 0 Å². The summed E-state index contributed by atoms with van der Waals surface area (Å²) < 4.78 is 5.35. The van der Waals surface area contributed by atoms with Crippen LogP contribution in [0.25, 0.3) is 0 Å². The molecule has 2 saturated heterocycles. The van der Waals surface area contributed by atoms with Crippen molar-refractivity contribution in [1.29, 1.82) is 0 Å². The van der Waals surface area contributed by atoms with Crippen molar-refractivity contribution in [3.05, 3.63) is 0 Å². The van der Waals surface area contributed by atoms with Gasteiger partial charge < -0.3 is 19.9 Å². The van der Waals surface area contributed by atoms with Crippen LogP contribution in [0, 0.1) is 5.92 Å². The van der Waals surface area contributed by atoms with Crippen LogP contribution in [0.2, 0.25) is 0 Å². The van der Waals surface area contributed by atoms with Gasteiger partial charge in [-0.3, -0.25) is 0 Å². The fourth-order valence-electron chi connectivity index (χ4n) is 2.60. The minimum Gasteiger partial charge on any atom is -0.381 e. The van der Waals surface area contributed by atoms with Gasteiger partial charge >= 0.3 is 6.03 Å². The lowest BCUT2D eigenvalue weighted by atomic mass is 9.96. The first-order valence-electron chi connectivity index (χ1n) is 7.06. The van der Waals surface area contributed by atoms with E-state index >= 15 is 0 Å². The van der Waals surface area contributed by atoms with E-state index in [0.29, 0.717) is 0 Å². The van der Waals surface area contributed by atoms with Gasteiger partial charge in [-0.1, -0.05) is 0 Å². The van der Waals surface area contributed by atoms with Gasteiger partial charge in [-0.25, -0.2) is 4.79 Å². The van der Waals surface area contributed by atoms with Crippen LogP contribution in [-0.4, -0.2) is 68.8 Å². The molecule has 0 atom stereocenters. The van der Waals surface area contributed by atoms with Crippen LogP contribution in [-0.2, 0) is 4.74 Å². The molecular formula is C13H25N3O2. The summed E-state index contributed by atoms with van der Waals surface area (Å²) in [5, 5.41) is 3.27. The van der Waals surface area contributed by atoms with Crippen molar-refractivity contribution in [3.63, 3.8) is 0 Å².